The smallest absolute Gasteiger partial charge is 0.241 e. The number of hydrogen-bond donors (Lipinski definition) is 0. The van der Waals surface area contributed by atoms with Gasteiger partial charge in [0.05, 0.1) is 12.0 Å². The predicted octanol–water partition coefficient (Wildman–Crippen LogP) is 3.98. The Kier molecular flexibility index (Phi) is 5.36. The van der Waals surface area contributed by atoms with Crippen LogP contribution in [0.4, 0.5) is 0 Å². The molecule has 166 valence electrons. The van der Waals surface area contributed by atoms with Gasteiger partial charge < -0.3 is 4.90 Å². The summed E-state index contributed by atoms with van der Waals surface area (Å²) >= 11 is 0. The summed E-state index contributed by atoms with van der Waals surface area (Å²) in [5, 5.41) is 0. The Bertz CT molecular complexity index is 1050. The van der Waals surface area contributed by atoms with Crippen molar-refractivity contribution in [3.8, 4) is 0 Å². The topological polar surface area (TPSA) is 57.7 Å². The average molecular weight is 431 g/mol. The van der Waals surface area contributed by atoms with E-state index in [9.17, 15) is 14.4 Å². The van der Waals surface area contributed by atoms with Gasteiger partial charge in [-0.2, -0.15) is 0 Å². The van der Waals surface area contributed by atoms with Crippen molar-refractivity contribution in [1.82, 2.24) is 9.80 Å². The standard InChI is InChI=1S/C27H30N2O3/c1-19-8-5-6-13-23(19)27(15-24(30)28-18-21-11-7-12-22(28)14-21)16-25(31)29(26(27)32)17-20-9-3-2-4-10-20/h2-6,8-10,13,21-22H,7,11-12,14-18H2,1H3/t21-,22+,27-/m1/s1. The molecule has 5 rings (SSSR count). The summed E-state index contributed by atoms with van der Waals surface area (Å²) < 4.78 is 0. The molecular weight excluding hydrogens is 400 g/mol. The Morgan fingerprint density at radius 1 is 1.03 bits per heavy atom. The normalized spacial score (nSPS) is 27.3. The van der Waals surface area contributed by atoms with Gasteiger partial charge >= 0.3 is 0 Å². The number of carbonyl (C=O) groups excluding carboxylic acids is 3. The molecule has 0 aromatic heterocycles. The minimum atomic E-state index is -1.12. The molecule has 1 saturated carbocycles. The van der Waals surface area contributed by atoms with E-state index in [1.54, 1.807) is 0 Å². The van der Waals surface area contributed by atoms with Crippen LogP contribution in [0, 0.1) is 12.8 Å². The molecule has 0 radical (unpaired) electrons. The van der Waals surface area contributed by atoms with Gasteiger partial charge in [0.2, 0.25) is 17.7 Å². The van der Waals surface area contributed by atoms with E-state index in [0.29, 0.717) is 12.0 Å². The summed E-state index contributed by atoms with van der Waals surface area (Å²) in [6.07, 6.45) is 4.60. The lowest BCUT2D eigenvalue weighted by Gasteiger charge is -2.32. The van der Waals surface area contributed by atoms with Gasteiger partial charge in [0.25, 0.3) is 0 Å². The van der Waals surface area contributed by atoms with Crippen molar-refractivity contribution >= 4 is 17.7 Å². The van der Waals surface area contributed by atoms with Crippen molar-refractivity contribution in [2.45, 2.75) is 63.5 Å². The molecule has 3 atom stereocenters. The molecule has 0 unspecified atom stereocenters. The van der Waals surface area contributed by atoms with Gasteiger partial charge in [-0.15, -0.1) is 0 Å². The maximum Gasteiger partial charge on any atom is 0.241 e. The number of fused-ring (bicyclic) bond motifs is 2. The molecule has 3 fully saturated rings. The maximum absolute atomic E-state index is 13.9. The van der Waals surface area contributed by atoms with Gasteiger partial charge in [-0.05, 0) is 48.8 Å². The zero-order valence-electron chi connectivity index (χ0n) is 18.6. The summed E-state index contributed by atoms with van der Waals surface area (Å²) in [7, 11) is 0. The molecule has 5 nitrogen and oxygen atoms in total. The molecule has 2 aromatic carbocycles. The van der Waals surface area contributed by atoms with Gasteiger partial charge in [0.1, 0.15) is 0 Å². The second kappa shape index (κ2) is 8.19. The van der Waals surface area contributed by atoms with Crippen molar-refractivity contribution in [2.24, 2.45) is 5.92 Å². The minimum Gasteiger partial charge on any atom is -0.339 e. The van der Waals surface area contributed by atoms with Crippen molar-refractivity contribution in [3.63, 3.8) is 0 Å². The van der Waals surface area contributed by atoms with E-state index in [-0.39, 0.29) is 37.1 Å². The van der Waals surface area contributed by atoms with Crippen LogP contribution in [0.1, 0.15) is 55.2 Å². The van der Waals surface area contributed by atoms with Crippen LogP contribution in [0.2, 0.25) is 0 Å². The second-order valence-corrected chi connectivity index (χ2v) is 9.75. The second-order valence-electron chi connectivity index (χ2n) is 9.75. The Morgan fingerprint density at radius 2 is 1.78 bits per heavy atom. The zero-order valence-corrected chi connectivity index (χ0v) is 18.6. The van der Waals surface area contributed by atoms with Crippen LogP contribution in [0.3, 0.4) is 0 Å². The minimum absolute atomic E-state index is 0.0189. The first-order valence-corrected chi connectivity index (χ1v) is 11.7. The number of nitrogens with zero attached hydrogens (tertiary/aromatic N) is 2. The van der Waals surface area contributed by atoms with E-state index < -0.39 is 5.41 Å². The zero-order chi connectivity index (χ0) is 22.3. The number of hydrogen-bond acceptors (Lipinski definition) is 3. The molecule has 0 spiro atoms. The lowest BCUT2D eigenvalue weighted by Crippen LogP contribution is -2.44. The average Bonchev–Trinajstić information content (AvgIpc) is 3.22. The molecule has 3 aliphatic rings. The first-order valence-electron chi connectivity index (χ1n) is 11.7. The number of carbonyl (C=O) groups is 3. The Balaban J connectivity index is 1.49. The highest BCUT2D eigenvalue weighted by molar-refractivity contribution is 6.10. The number of amides is 3. The molecule has 1 aliphatic carbocycles. The summed E-state index contributed by atoms with van der Waals surface area (Å²) in [4.78, 5) is 44.0. The molecule has 2 saturated heterocycles. The van der Waals surface area contributed by atoms with Crippen LogP contribution in [0.5, 0.6) is 0 Å². The lowest BCUT2D eigenvalue weighted by molar-refractivity contribution is -0.143. The van der Waals surface area contributed by atoms with Crippen LogP contribution in [0.25, 0.3) is 0 Å². The van der Waals surface area contributed by atoms with Gasteiger partial charge in [-0.25, -0.2) is 0 Å². The van der Waals surface area contributed by atoms with E-state index in [1.807, 2.05) is 66.4 Å². The van der Waals surface area contributed by atoms with E-state index in [1.165, 1.54) is 17.7 Å². The highest BCUT2D eigenvalue weighted by Gasteiger charge is 2.55. The summed E-state index contributed by atoms with van der Waals surface area (Å²) in [6.45, 7) is 3.00. The first kappa shape index (κ1) is 20.9. The number of benzene rings is 2. The first-order chi connectivity index (χ1) is 15.5. The van der Waals surface area contributed by atoms with Crippen LogP contribution in [0.15, 0.2) is 54.6 Å². The highest BCUT2D eigenvalue weighted by Crippen LogP contribution is 2.44. The fourth-order valence-corrected chi connectivity index (χ4v) is 6.08. The van der Waals surface area contributed by atoms with Gasteiger partial charge in [-0.3, -0.25) is 19.3 Å². The van der Waals surface area contributed by atoms with Crippen LogP contribution < -0.4 is 0 Å². The largest absolute Gasteiger partial charge is 0.339 e. The van der Waals surface area contributed by atoms with E-state index in [2.05, 4.69) is 0 Å². The molecule has 32 heavy (non-hydrogen) atoms. The molecular formula is C27H30N2O3. The van der Waals surface area contributed by atoms with E-state index >= 15 is 0 Å². The summed E-state index contributed by atoms with van der Waals surface area (Å²) in [5.41, 5.74) is 1.55. The van der Waals surface area contributed by atoms with E-state index in [4.69, 9.17) is 0 Å². The number of likely N-dealkylation sites (tertiary alicyclic amines) is 2. The summed E-state index contributed by atoms with van der Waals surface area (Å²) in [6, 6.07) is 17.6. The fourth-order valence-electron chi connectivity index (χ4n) is 6.08. The van der Waals surface area contributed by atoms with Gasteiger partial charge in [0, 0.05) is 25.4 Å². The number of aryl methyl sites for hydroxylation is 1. The van der Waals surface area contributed by atoms with Crippen LogP contribution >= 0.6 is 0 Å². The molecule has 2 aliphatic heterocycles. The van der Waals surface area contributed by atoms with Gasteiger partial charge in [-0.1, -0.05) is 61.0 Å². The lowest BCUT2D eigenvalue weighted by atomic mass is 9.74. The number of rotatable bonds is 5. The maximum atomic E-state index is 13.9. The monoisotopic (exact) mass is 430 g/mol. The molecule has 2 bridgehead atoms. The fraction of sp³-hybridized carbons (Fsp3) is 0.444. The Morgan fingerprint density at radius 3 is 2.53 bits per heavy atom. The van der Waals surface area contributed by atoms with Crippen molar-refractivity contribution < 1.29 is 14.4 Å². The molecule has 5 heteroatoms. The molecule has 3 amide bonds. The highest BCUT2D eigenvalue weighted by atomic mass is 16.2. The van der Waals surface area contributed by atoms with Crippen molar-refractivity contribution in [1.29, 1.82) is 0 Å². The SMILES string of the molecule is Cc1ccccc1[C@@]1(CC(=O)N2C[C@@H]3CCC[C@H]2C3)CC(=O)N(Cc2ccccc2)C1=O. The third kappa shape index (κ3) is 3.54. The van der Waals surface area contributed by atoms with Crippen LogP contribution in [-0.4, -0.2) is 40.1 Å². The third-order valence-corrected chi connectivity index (χ3v) is 7.68. The van der Waals surface area contributed by atoms with E-state index in [0.717, 1.165) is 36.1 Å². The summed E-state index contributed by atoms with van der Waals surface area (Å²) in [5.74, 6) is 0.166. The Hall–Kier alpha value is -2.95. The quantitative estimate of drug-likeness (QED) is 0.674. The number of imide groups is 1. The predicted molar refractivity (Wildman–Crippen MR) is 122 cm³/mol. The third-order valence-electron chi connectivity index (χ3n) is 7.68. The van der Waals surface area contributed by atoms with Crippen molar-refractivity contribution in [3.05, 3.63) is 71.3 Å². The Labute approximate surface area is 189 Å². The molecule has 0 N–H and O–H groups in total. The molecule has 2 heterocycles. The van der Waals surface area contributed by atoms with Gasteiger partial charge in [0.15, 0.2) is 0 Å². The van der Waals surface area contributed by atoms with Crippen molar-refractivity contribution in [2.75, 3.05) is 6.54 Å². The molecule has 2 aromatic rings. The van der Waals surface area contributed by atoms with Crippen LogP contribution in [-0.2, 0) is 26.3 Å².